The van der Waals surface area contributed by atoms with Gasteiger partial charge in [-0.05, 0) is 31.5 Å². The van der Waals surface area contributed by atoms with Gasteiger partial charge >= 0.3 is 0 Å². The number of benzene rings is 1. The maximum Gasteiger partial charge on any atom is 0.251 e. The van der Waals surface area contributed by atoms with E-state index in [1.54, 1.807) is 0 Å². The van der Waals surface area contributed by atoms with Gasteiger partial charge in [-0.2, -0.15) is 0 Å². The summed E-state index contributed by atoms with van der Waals surface area (Å²) >= 11 is 8.97. The first-order valence-electron chi connectivity index (χ1n) is 4.67. The summed E-state index contributed by atoms with van der Waals surface area (Å²) in [6.07, 6.45) is 0. The summed E-state index contributed by atoms with van der Waals surface area (Å²) < 4.78 is 0.900. The fourth-order valence-electron chi connectivity index (χ4n) is 1.18. The van der Waals surface area contributed by atoms with Crippen LogP contribution in [0, 0.1) is 6.92 Å². The number of nitrogens with one attached hydrogen (secondary N) is 1. The SMILES string of the molecule is Cc1ccc(Br)cc1C(=O)NC(C)CCl. The zero-order valence-corrected chi connectivity index (χ0v) is 11.0. The average molecular weight is 291 g/mol. The number of rotatable bonds is 3. The maximum absolute atomic E-state index is 11.8. The minimum atomic E-state index is -0.0815. The lowest BCUT2D eigenvalue weighted by atomic mass is 10.1. The molecule has 1 unspecified atom stereocenters. The van der Waals surface area contributed by atoms with Gasteiger partial charge in [0.05, 0.1) is 0 Å². The molecule has 0 heterocycles. The molecule has 0 aliphatic carbocycles. The van der Waals surface area contributed by atoms with Gasteiger partial charge in [0.1, 0.15) is 0 Å². The van der Waals surface area contributed by atoms with Crippen molar-refractivity contribution in [2.45, 2.75) is 19.9 Å². The molecular weight excluding hydrogens is 277 g/mol. The van der Waals surface area contributed by atoms with Gasteiger partial charge in [-0.15, -0.1) is 11.6 Å². The van der Waals surface area contributed by atoms with E-state index in [-0.39, 0.29) is 11.9 Å². The molecular formula is C11H13BrClNO. The van der Waals surface area contributed by atoms with E-state index < -0.39 is 0 Å². The average Bonchev–Trinajstić information content (AvgIpc) is 2.21. The van der Waals surface area contributed by atoms with Gasteiger partial charge in [-0.1, -0.05) is 22.0 Å². The largest absolute Gasteiger partial charge is 0.348 e. The van der Waals surface area contributed by atoms with Crippen LogP contribution in [0.15, 0.2) is 22.7 Å². The molecule has 1 aromatic carbocycles. The predicted octanol–water partition coefficient (Wildman–Crippen LogP) is 3.11. The predicted molar refractivity (Wildman–Crippen MR) is 66.5 cm³/mol. The van der Waals surface area contributed by atoms with Gasteiger partial charge in [-0.3, -0.25) is 4.79 Å². The summed E-state index contributed by atoms with van der Waals surface area (Å²) in [6.45, 7) is 3.78. The van der Waals surface area contributed by atoms with Gasteiger partial charge < -0.3 is 5.32 Å². The van der Waals surface area contributed by atoms with Crippen LogP contribution in [0.1, 0.15) is 22.8 Å². The smallest absolute Gasteiger partial charge is 0.251 e. The summed E-state index contributed by atoms with van der Waals surface area (Å²) in [4.78, 5) is 11.8. The minimum absolute atomic E-state index is 0.0162. The topological polar surface area (TPSA) is 29.1 Å². The second-order valence-corrected chi connectivity index (χ2v) is 4.71. The highest BCUT2D eigenvalue weighted by molar-refractivity contribution is 9.10. The molecule has 82 valence electrons. The van der Waals surface area contributed by atoms with E-state index >= 15 is 0 Å². The van der Waals surface area contributed by atoms with E-state index in [4.69, 9.17) is 11.6 Å². The molecule has 0 aliphatic heterocycles. The van der Waals surface area contributed by atoms with Crippen molar-refractivity contribution in [2.75, 3.05) is 5.88 Å². The Morgan fingerprint density at radius 1 is 1.60 bits per heavy atom. The lowest BCUT2D eigenvalue weighted by Gasteiger charge is -2.12. The summed E-state index contributed by atoms with van der Waals surface area (Å²) in [5.41, 5.74) is 1.64. The summed E-state index contributed by atoms with van der Waals surface area (Å²) in [5, 5.41) is 2.82. The van der Waals surface area contributed by atoms with E-state index in [1.807, 2.05) is 32.0 Å². The Hall–Kier alpha value is -0.540. The molecule has 1 atom stereocenters. The Labute approximate surface area is 103 Å². The van der Waals surface area contributed by atoms with Crippen LogP contribution in [0.25, 0.3) is 0 Å². The van der Waals surface area contributed by atoms with Crippen LogP contribution in [-0.2, 0) is 0 Å². The Balaban J connectivity index is 2.86. The zero-order chi connectivity index (χ0) is 11.4. The monoisotopic (exact) mass is 289 g/mol. The van der Waals surface area contributed by atoms with Gasteiger partial charge in [0.25, 0.3) is 5.91 Å². The second-order valence-electron chi connectivity index (χ2n) is 3.49. The van der Waals surface area contributed by atoms with Crippen LogP contribution >= 0.6 is 27.5 Å². The normalized spacial score (nSPS) is 12.3. The summed E-state index contributed by atoms with van der Waals surface area (Å²) in [5.74, 6) is 0.334. The van der Waals surface area contributed by atoms with Crippen LogP contribution < -0.4 is 5.32 Å². The summed E-state index contributed by atoms with van der Waals surface area (Å²) in [6, 6.07) is 5.62. The van der Waals surface area contributed by atoms with Gasteiger partial charge in [0.15, 0.2) is 0 Å². The van der Waals surface area contributed by atoms with Crippen molar-refractivity contribution in [3.63, 3.8) is 0 Å². The second kappa shape index (κ2) is 5.52. The van der Waals surface area contributed by atoms with E-state index in [0.717, 1.165) is 10.0 Å². The number of hydrogen-bond donors (Lipinski definition) is 1. The van der Waals surface area contributed by atoms with E-state index in [1.165, 1.54) is 0 Å². The number of carbonyl (C=O) groups is 1. The third kappa shape index (κ3) is 3.50. The molecule has 0 aromatic heterocycles. The molecule has 0 saturated carbocycles. The molecule has 2 nitrogen and oxygen atoms in total. The van der Waals surface area contributed by atoms with Crippen LogP contribution in [-0.4, -0.2) is 17.8 Å². The Morgan fingerprint density at radius 2 is 2.27 bits per heavy atom. The Morgan fingerprint density at radius 3 is 2.87 bits per heavy atom. The molecule has 1 amide bonds. The minimum Gasteiger partial charge on any atom is -0.348 e. The van der Waals surface area contributed by atoms with Gasteiger partial charge in [0.2, 0.25) is 0 Å². The molecule has 0 saturated heterocycles. The fraction of sp³-hybridized carbons (Fsp3) is 0.364. The standard InChI is InChI=1S/C11H13BrClNO/c1-7-3-4-9(12)5-10(7)11(15)14-8(2)6-13/h3-5,8H,6H2,1-2H3,(H,14,15). The highest BCUT2D eigenvalue weighted by atomic mass is 79.9. The highest BCUT2D eigenvalue weighted by Gasteiger charge is 2.11. The van der Waals surface area contributed by atoms with Gasteiger partial charge in [0, 0.05) is 22.0 Å². The maximum atomic E-state index is 11.8. The molecule has 1 rings (SSSR count). The molecule has 0 radical (unpaired) electrons. The van der Waals surface area contributed by atoms with E-state index in [9.17, 15) is 4.79 Å². The number of amides is 1. The van der Waals surface area contributed by atoms with E-state index in [2.05, 4.69) is 21.2 Å². The summed E-state index contributed by atoms with van der Waals surface area (Å²) in [7, 11) is 0. The Bertz CT molecular complexity index is 368. The molecule has 1 N–H and O–H groups in total. The molecule has 0 spiro atoms. The lowest BCUT2D eigenvalue weighted by molar-refractivity contribution is 0.0943. The van der Waals surface area contributed by atoms with Crippen LogP contribution in [0.5, 0.6) is 0 Å². The number of hydrogen-bond acceptors (Lipinski definition) is 1. The third-order valence-corrected chi connectivity index (χ3v) is 3.01. The third-order valence-electron chi connectivity index (χ3n) is 2.05. The number of carbonyl (C=O) groups excluding carboxylic acids is 1. The number of aryl methyl sites for hydroxylation is 1. The van der Waals surface area contributed by atoms with Crippen molar-refractivity contribution in [3.05, 3.63) is 33.8 Å². The van der Waals surface area contributed by atoms with E-state index in [0.29, 0.717) is 11.4 Å². The molecule has 4 heteroatoms. The first-order valence-corrected chi connectivity index (χ1v) is 6.00. The first kappa shape index (κ1) is 12.5. The lowest BCUT2D eigenvalue weighted by Crippen LogP contribution is -2.34. The van der Waals surface area contributed by atoms with Crippen molar-refractivity contribution in [3.8, 4) is 0 Å². The fourth-order valence-corrected chi connectivity index (χ4v) is 1.62. The number of alkyl halides is 1. The van der Waals surface area contributed by atoms with Crippen molar-refractivity contribution < 1.29 is 4.79 Å². The highest BCUT2D eigenvalue weighted by Crippen LogP contribution is 2.16. The van der Waals surface area contributed by atoms with Crippen molar-refractivity contribution in [2.24, 2.45) is 0 Å². The molecule has 0 aliphatic rings. The van der Waals surface area contributed by atoms with Crippen LogP contribution in [0.4, 0.5) is 0 Å². The quantitative estimate of drug-likeness (QED) is 0.852. The molecule has 0 fully saturated rings. The van der Waals surface area contributed by atoms with Crippen LogP contribution in [0.3, 0.4) is 0 Å². The first-order chi connectivity index (χ1) is 7.04. The van der Waals surface area contributed by atoms with Crippen molar-refractivity contribution in [1.29, 1.82) is 0 Å². The van der Waals surface area contributed by atoms with Crippen LogP contribution in [0.2, 0.25) is 0 Å². The molecule has 15 heavy (non-hydrogen) atoms. The zero-order valence-electron chi connectivity index (χ0n) is 8.68. The van der Waals surface area contributed by atoms with Gasteiger partial charge in [-0.25, -0.2) is 0 Å². The van der Waals surface area contributed by atoms with Crippen molar-refractivity contribution in [1.82, 2.24) is 5.32 Å². The Kier molecular flexibility index (Phi) is 4.61. The molecule has 0 bridgehead atoms. The molecule has 1 aromatic rings. The number of halogens is 2. The van der Waals surface area contributed by atoms with Crippen molar-refractivity contribution >= 4 is 33.4 Å².